The minimum atomic E-state index is -0.304. The van der Waals surface area contributed by atoms with Gasteiger partial charge in [0.15, 0.2) is 0 Å². The molecule has 1 aromatic rings. The molecule has 0 radical (unpaired) electrons. The third-order valence-corrected chi connectivity index (χ3v) is 3.72. The Kier molecular flexibility index (Phi) is 5.20. The molecule has 0 aliphatic carbocycles. The highest BCUT2D eigenvalue weighted by molar-refractivity contribution is 5.86. The third kappa shape index (κ3) is 4.21. The average Bonchev–Trinajstić information content (AvgIpc) is 2.50. The molecule has 0 spiro atoms. The number of piperidine rings is 1. The second-order valence-corrected chi connectivity index (χ2v) is 5.18. The van der Waals surface area contributed by atoms with E-state index in [-0.39, 0.29) is 30.0 Å². The Balaban J connectivity index is 1.85. The summed E-state index contributed by atoms with van der Waals surface area (Å²) in [6.45, 7) is 2.88. The van der Waals surface area contributed by atoms with Crippen molar-refractivity contribution in [1.82, 2.24) is 4.90 Å². The fourth-order valence-corrected chi connectivity index (χ4v) is 2.50. The van der Waals surface area contributed by atoms with Crippen LogP contribution in [0.1, 0.15) is 25.3 Å². The Bertz CT molecular complexity index is 532. The molecular weight excluding hydrogens is 271 g/mol. The van der Waals surface area contributed by atoms with Crippen LogP contribution in [0.4, 0.5) is 4.39 Å². The number of amides is 2. The molecule has 0 unspecified atom stereocenters. The van der Waals surface area contributed by atoms with Crippen molar-refractivity contribution in [2.24, 2.45) is 10.9 Å². The first kappa shape index (κ1) is 15.4. The molecule has 2 rings (SSSR count). The highest BCUT2D eigenvalue weighted by Gasteiger charge is 2.26. The molecule has 1 aliphatic heterocycles. The van der Waals surface area contributed by atoms with Gasteiger partial charge >= 0.3 is 0 Å². The van der Waals surface area contributed by atoms with E-state index in [1.165, 1.54) is 18.3 Å². The largest absolute Gasteiger partial charge is 0.342 e. The van der Waals surface area contributed by atoms with Crippen LogP contribution in [0.2, 0.25) is 0 Å². The van der Waals surface area contributed by atoms with Crippen LogP contribution in [-0.4, -0.2) is 36.0 Å². The number of hydrogen-bond donors (Lipinski definition) is 0. The molecule has 0 aromatic heterocycles. The smallest absolute Gasteiger partial charge is 0.248 e. The fraction of sp³-hybridized carbons (Fsp3) is 0.438. The lowest BCUT2D eigenvalue weighted by Gasteiger charge is -2.30. The number of carbonyl (C=O) groups is 2. The quantitative estimate of drug-likeness (QED) is 0.801. The second kappa shape index (κ2) is 7.11. The van der Waals surface area contributed by atoms with E-state index >= 15 is 0 Å². The normalized spacial score (nSPS) is 16.4. The average molecular weight is 290 g/mol. The van der Waals surface area contributed by atoms with E-state index in [0.29, 0.717) is 25.9 Å². The highest BCUT2D eigenvalue weighted by atomic mass is 19.1. The molecule has 0 N–H and O–H groups in total. The SMILES string of the molecule is C/C=N\C(=O)C1CCN(C(=O)Cc2ccc(F)cc2)CC1. The number of benzene rings is 1. The number of carbonyl (C=O) groups excluding carboxylic acids is 2. The van der Waals surface area contributed by atoms with Gasteiger partial charge in [-0.3, -0.25) is 9.59 Å². The maximum absolute atomic E-state index is 12.8. The molecule has 1 aromatic carbocycles. The Morgan fingerprint density at radius 3 is 2.48 bits per heavy atom. The summed E-state index contributed by atoms with van der Waals surface area (Å²) in [5.41, 5.74) is 0.801. The molecule has 0 saturated carbocycles. The van der Waals surface area contributed by atoms with Crippen LogP contribution in [-0.2, 0) is 16.0 Å². The molecular formula is C16H19FN2O2. The number of nitrogens with zero attached hydrogens (tertiary/aromatic N) is 2. The van der Waals surface area contributed by atoms with Gasteiger partial charge in [0.2, 0.25) is 11.8 Å². The number of aliphatic imine (C=N–C) groups is 1. The van der Waals surface area contributed by atoms with Crippen LogP contribution < -0.4 is 0 Å². The number of rotatable bonds is 3. The van der Waals surface area contributed by atoms with Crippen LogP contribution >= 0.6 is 0 Å². The van der Waals surface area contributed by atoms with E-state index in [9.17, 15) is 14.0 Å². The zero-order valence-corrected chi connectivity index (χ0v) is 12.1. The molecule has 1 heterocycles. The number of hydrogen-bond acceptors (Lipinski definition) is 2. The van der Waals surface area contributed by atoms with Crippen molar-refractivity contribution in [1.29, 1.82) is 0 Å². The topological polar surface area (TPSA) is 49.7 Å². The summed E-state index contributed by atoms with van der Waals surface area (Å²) in [7, 11) is 0. The van der Waals surface area contributed by atoms with Crippen molar-refractivity contribution < 1.29 is 14.0 Å². The first-order valence-corrected chi connectivity index (χ1v) is 7.15. The molecule has 112 valence electrons. The van der Waals surface area contributed by atoms with E-state index in [4.69, 9.17) is 0 Å². The Labute approximate surface area is 123 Å². The van der Waals surface area contributed by atoms with E-state index in [0.717, 1.165) is 5.56 Å². The van der Waals surface area contributed by atoms with Gasteiger partial charge in [-0.1, -0.05) is 12.1 Å². The van der Waals surface area contributed by atoms with Gasteiger partial charge in [0, 0.05) is 25.2 Å². The Morgan fingerprint density at radius 2 is 1.90 bits per heavy atom. The Morgan fingerprint density at radius 1 is 1.29 bits per heavy atom. The lowest BCUT2D eigenvalue weighted by Crippen LogP contribution is -2.40. The third-order valence-electron chi connectivity index (χ3n) is 3.72. The lowest BCUT2D eigenvalue weighted by molar-refractivity contribution is -0.134. The molecule has 1 saturated heterocycles. The second-order valence-electron chi connectivity index (χ2n) is 5.18. The van der Waals surface area contributed by atoms with Crippen LogP contribution in [0.25, 0.3) is 0 Å². The maximum Gasteiger partial charge on any atom is 0.248 e. The molecule has 2 amide bonds. The van der Waals surface area contributed by atoms with Crippen LogP contribution in [0.15, 0.2) is 29.3 Å². The minimum absolute atomic E-state index is 0.0199. The minimum Gasteiger partial charge on any atom is -0.342 e. The van der Waals surface area contributed by atoms with Gasteiger partial charge in [-0.25, -0.2) is 9.38 Å². The van der Waals surface area contributed by atoms with Gasteiger partial charge < -0.3 is 4.90 Å². The van der Waals surface area contributed by atoms with Crippen LogP contribution in [0.3, 0.4) is 0 Å². The van der Waals surface area contributed by atoms with Crippen molar-refractivity contribution in [3.63, 3.8) is 0 Å². The van der Waals surface area contributed by atoms with Gasteiger partial charge in [-0.05, 0) is 37.5 Å². The lowest BCUT2D eigenvalue weighted by atomic mass is 9.95. The predicted octanol–water partition coefficient (Wildman–Crippen LogP) is 2.22. The van der Waals surface area contributed by atoms with Crippen LogP contribution in [0, 0.1) is 11.7 Å². The summed E-state index contributed by atoms with van der Waals surface area (Å²) < 4.78 is 12.8. The first-order chi connectivity index (χ1) is 10.1. The summed E-state index contributed by atoms with van der Waals surface area (Å²) in [6, 6.07) is 5.96. The van der Waals surface area contributed by atoms with Gasteiger partial charge in [0.25, 0.3) is 0 Å². The molecule has 4 nitrogen and oxygen atoms in total. The van der Waals surface area contributed by atoms with Crippen molar-refractivity contribution >= 4 is 18.0 Å². The zero-order chi connectivity index (χ0) is 15.2. The van der Waals surface area contributed by atoms with Gasteiger partial charge in [0.1, 0.15) is 5.82 Å². The van der Waals surface area contributed by atoms with Crippen LogP contribution in [0.5, 0.6) is 0 Å². The van der Waals surface area contributed by atoms with Gasteiger partial charge in [-0.15, -0.1) is 0 Å². The standard InChI is InChI=1S/C16H19FN2O2/c1-2-18-16(21)13-7-9-19(10-8-13)15(20)11-12-3-5-14(17)6-4-12/h2-6,13H,7-11H2,1H3/b18-2-. The van der Waals surface area contributed by atoms with Gasteiger partial charge in [-0.2, -0.15) is 0 Å². The highest BCUT2D eigenvalue weighted by Crippen LogP contribution is 2.19. The Hall–Kier alpha value is -2.04. The summed E-state index contributed by atoms with van der Waals surface area (Å²) in [5, 5.41) is 0. The fourth-order valence-electron chi connectivity index (χ4n) is 2.50. The zero-order valence-electron chi connectivity index (χ0n) is 12.1. The summed E-state index contributed by atoms with van der Waals surface area (Å²) in [5.74, 6) is -0.451. The molecule has 1 aliphatic rings. The molecule has 1 fully saturated rings. The van der Waals surface area contributed by atoms with E-state index in [2.05, 4.69) is 4.99 Å². The van der Waals surface area contributed by atoms with E-state index in [1.54, 1.807) is 24.0 Å². The monoisotopic (exact) mass is 290 g/mol. The molecule has 21 heavy (non-hydrogen) atoms. The summed E-state index contributed by atoms with van der Waals surface area (Å²) in [4.78, 5) is 29.4. The maximum atomic E-state index is 12.8. The molecule has 0 bridgehead atoms. The van der Waals surface area contributed by atoms with Crippen molar-refractivity contribution in [3.8, 4) is 0 Å². The molecule has 5 heteroatoms. The van der Waals surface area contributed by atoms with Crippen molar-refractivity contribution in [3.05, 3.63) is 35.6 Å². The summed E-state index contributed by atoms with van der Waals surface area (Å²) >= 11 is 0. The predicted molar refractivity (Wildman–Crippen MR) is 78.6 cm³/mol. The number of halogens is 1. The number of likely N-dealkylation sites (tertiary alicyclic amines) is 1. The van der Waals surface area contributed by atoms with Gasteiger partial charge in [0.05, 0.1) is 6.42 Å². The van der Waals surface area contributed by atoms with E-state index < -0.39 is 0 Å². The summed E-state index contributed by atoms with van der Waals surface area (Å²) in [6.07, 6.45) is 3.09. The molecule has 0 atom stereocenters. The van der Waals surface area contributed by atoms with Crippen molar-refractivity contribution in [2.45, 2.75) is 26.2 Å². The van der Waals surface area contributed by atoms with E-state index in [1.807, 2.05) is 0 Å². The first-order valence-electron chi connectivity index (χ1n) is 7.15. The van der Waals surface area contributed by atoms with Crippen molar-refractivity contribution in [2.75, 3.05) is 13.1 Å².